The van der Waals surface area contributed by atoms with Crippen molar-refractivity contribution in [3.05, 3.63) is 11.6 Å². The van der Waals surface area contributed by atoms with Gasteiger partial charge in [0.05, 0.1) is 6.10 Å². The fourth-order valence-corrected chi connectivity index (χ4v) is 5.94. The first kappa shape index (κ1) is 12.1. The number of aliphatic hydroxyl groups excluding tert-OH is 1. The van der Waals surface area contributed by atoms with E-state index in [-0.39, 0.29) is 11.5 Å². The molecular weight excluding hydrogens is 236 g/mol. The second-order valence-corrected chi connectivity index (χ2v) is 7.61. The van der Waals surface area contributed by atoms with Crippen molar-refractivity contribution in [2.45, 2.75) is 58.0 Å². The van der Waals surface area contributed by atoms with Crippen LogP contribution in [0.4, 0.5) is 0 Å². The Morgan fingerprint density at radius 3 is 2.89 bits per heavy atom. The van der Waals surface area contributed by atoms with E-state index in [4.69, 9.17) is 0 Å². The smallest absolute Gasteiger partial charge is 0.156 e. The molecule has 2 nitrogen and oxygen atoms in total. The van der Waals surface area contributed by atoms with Crippen molar-refractivity contribution in [1.29, 1.82) is 0 Å². The molecular formula is C17H24O2. The molecule has 4 aliphatic carbocycles. The van der Waals surface area contributed by atoms with Crippen molar-refractivity contribution < 1.29 is 9.90 Å². The highest BCUT2D eigenvalue weighted by Crippen LogP contribution is 2.61. The molecule has 0 aromatic carbocycles. The average molecular weight is 260 g/mol. The SMILES string of the molecule is C[C@]12CC[C@H]3[C@@H](CCC4=CC(=O)C[C@@H]43)[C@@H]1CC[C@@H]2O. The van der Waals surface area contributed by atoms with Gasteiger partial charge in [-0.3, -0.25) is 4.79 Å². The van der Waals surface area contributed by atoms with E-state index < -0.39 is 0 Å². The van der Waals surface area contributed by atoms with Crippen LogP contribution in [0.5, 0.6) is 0 Å². The zero-order valence-corrected chi connectivity index (χ0v) is 11.8. The van der Waals surface area contributed by atoms with Gasteiger partial charge in [-0.25, -0.2) is 0 Å². The minimum absolute atomic E-state index is 0.0828. The fraction of sp³-hybridized carbons (Fsp3) is 0.824. The van der Waals surface area contributed by atoms with Crippen LogP contribution in [-0.4, -0.2) is 17.0 Å². The molecule has 6 atom stereocenters. The Hall–Kier alpha value is -0.630. The Kier molecular flexibility index (Phi) is 2.52. The minimum atomic E-state index is -0.0828. The van der Waals surface area contributed by atoms with Crippen LogP contribution in [0.25, 0.3) is 0 Å². The van der Waals surface area contributed by atoms with E-state index in [2.05, 4.69) is 6.92 Å². The molecule has 0 saturated heterocycles. The molecule has 0 bridgehead atoms. The highest BCUT2D eigenvalue weighted by molar-refractivity contribution is 5.93. The zero-order valence-electron chi connectivity index (χ0n) is 11.8. The lowest BCUT2D eigenvalue weighted by Crippen LogP contribution is -2.46. The summed E-state index contributed by atoms with van der Waals surface area (Å²) in [5.41, 5.74) is 1.62. The first-order valence-electron chi connectivity index (χ1n) is 8.01. The van der Waals surface area contributed by atoms with Gasteiger partial charge in [0, 0.05) is 6.42 Å². The van der Waals surface area contributed by atoms with Gasteiger partial charge >= 0.3 is 0 Å². The number of carbonyl (C=O) groups is 1. The van der Waals surface area contributed by atoms with Crippen LogP contribution in [0.1, 0.15) is 51.9 Å². The van der Waals surface area contributed by atoms with E-state index in [0.29, 0.717) is 17.6 Å². The Morgan fingerprint density at radius 1 is 1.21 bits per heavy atom. The van der Waals surface area contributed by atoms with Gasteiger partial charge in [-0.1, -0.05) is 12.5 Å². The molecule has 19 heavy (non-hydrogen) atoms. The number of hydrogen-bond acceptors (Lipinski definition) is 2. The largest absolute Gasteiger partial charge is 0.393 e. The summed E-state index contributed by atoms with van der Waals surface area (Å²) in [6.07, 6.45) is 9.63. The fourth-order valence-electron chi connectivity index (χ4n) is 5.94. The third-order valence-electron chi connectivity index (χ3n) is 6.97. The van der Waals surface area contributed by atoms with Crippen LogP contribution in [0, 0.1) is 29.1 Å². The van der Waals surface area contributed by atoms with E-state index in [1.165, 1.54) is 24.8 Å². The van der Waals surface area contributed by atoms with Crippen molar-refractivity contribution in [3.8, 4) is 0 Å². The van der Waals surface area contributed by atoms with E-state index in [0.717, 1.165) is 37.5 Å². The summed E-state index contributed by atoms with van der Waals surface area (Å²) in [6.45, 7) is 2.32. The minimum Gasteiger partial charge on any atom is -0.393 e. The van der Waals surface area contributed by atoms with Gasteiger partial charge in [0.2, 0.25) is 0 Å². The molecule has 0 radical (unpaired) electrons. The topological polar surface area (TPSA) is 37.3 Å². The standard InChI is InChI=1S/C17H24O2/c1-17-7-6-12-13(15(17)4-5-16(17)19)3-2-10-8-11(18)9-14(10)12/h8,12-16,19H,2-7,9H2,1H3/t12-,13+,14-,15-,16-,17-/m0/s1. The summed E-state index contributed by atoms with van der Waals surface area (Å²) >= 11 is 0. The number of fused-ring (bicyclic) bond motifs is 5. The van der Waals surface area contributed by atoms with Crippen LogP contribution in [0.3, 0.4) is 0 Å². The van der Waals surface area contributed by atoms with Gasteiger partial charge in [0.15, 0.2) is 5.78 Å². The molecule has 0 heterocycles. The quantitative estimate of drug-likeness (QED) is 0.726. The predicted octanol–water partition coefficient (Wildman–Crippen LogP) is 3.10. The van der Waals surface area contributed by atoms with E-state index >= 15 is 0 Å². The van der Waals surface area contributed by atoms with Crippen LogP contribution in [-0.2, 0) is 4.79 Å². The number of aliphatic hydroxyl groups is 1. The predicted molar refractivity (Wildman–Crippen MR) is 73.5 cm³/mol. The number of rotatable bonds is 0. The number of carbonyl (C=O) groups excluding carboxylic acids is 1. The Labute approximate surface area is 115 Å². The van der Waals surface area contributed by atoms with Gasteiger partial charge in [0.1, 0.15) is 0 Å². The molecule has 4 rings (SSSR count). The molecule has 0 aliphatic heterocycles. The molecule has 0 aromatic rings. The Morgan fingerprint density at radius 2 is 2.05 bits per heavy atom. The van der Waals surface area contributed by atoms with Crippen LogP contribution < -0.4 is 0 Å². The van der Waals surface area contributed by atoms with Crippen molar-refractivity contribution >= 4 is 5.78 Å². The summed E-state index contributed by atoms with van der Waals surface area (Å²) in [7, 11) is 0. The van der Waals surface area contributed by atoms with Crippen LogP contribution >= 0.6 is 0 Å². The highest BCUT2D eigenvalue weighted by atomic mass is 16.3. The summed E-state index contributed by atoms with van der Waals surface area (Å²) in [5, 5.41) is 10.3. The molecule has 2 heteroatoms. The monoisotopic (exact) mass is 260 g/mol. The third kappa shape index (κ3) is 1.55. The van der Waals surface area contributed by atoms with Crippen molar-refractivity contribution in [2.75, 3.05) is 0 Å². The molecule has 3 saturated carbocycles. The Balaban J connectivity index is 1.64. The van der Waals surface area contributed by atoms with Gasteiger partial charge in [-0.15, -0.1) is 0 Å². The van der Waals surface area contributed by atoms with E-state index in [1.807, 2.05) is 6.08 Å². The van der Waals surface area contributed by atoms with E-state index in [1.54, 1.807) is 0 Å². The molecule has 0 unspecified atom stereocenters. The maximum absolute atomic E-state index is 11.7. The highest BCUT2D eigenvalue weighted by Gasteiger charge is 2.56. The maximum atomic E-state index is 11.7. The summed E-state index contributed by atoms with van der Waals surface area (Å²) in [6, 6.07) is 0. The van der Waals surface area contributed by atoms with Crippen LogP contribution in [0.15, 0.2) is 11.6 Å². The third-order valence-corrected chi connectivity index (χ3v) is 6.97. The lowest BCUT2D eigenvalue weighted by atomic mass is 9.53. The first-order valence-corrected chi connectivity index (χ1v) is 8.01. The first-order chi connectivity index (χ1) is 9.09. The van der Waals surface area contributed by atoms with Crippen molar-refractivity contribution in [3.63, 3.8) is 0 Å². The molecule has 0 amide bonds. The van der Waals surface area contributed by atoms with Gasteiger partial charge in [-0.2, -0.15) is 0 Å². The average Bonchev–Trinajstić information content (AvgIpc) is 2.90. The normalized spacial score (nSPS) is 52.4. The van der Waals surface area contributed by atoms with Gasteiger partial charge in [-0.05, 0) is 73.7 Å². The number of ketones is 1. The molecule has 0 aromatic heterocycles. The summed E-state index contributed by atoms with van der Waals surface area (Å²) in [4.78, 5) is 11.7. The van der Waals surface area contributed by atoms with Crippen LogP contribution in [0.2, 0.25) is 0 Å². The molecule has 3 fully saturated rings. The van der Waals surface area contributed by atoms with Crippen molar-refractivity contribution in [1.82, 2.24) is 0 Å². The lowest BCUT2D eigenvalue weighted by Gasteiger charge is -2.52. The zero-order chi connectivity index (χ0) is 13.2. The van der Waals surface area contributed by atoms with Gasteiger partial charge < -0.3 is 5.11 Å². The van der Waals surface area contributed by atoms with Gasteiger partial charge in [0.25, 0.3) is 0 Å². The van der Waals surface area contributed by atoms with Crippen molar-refractivity contribution in [2.24, 2.45) is 29.1 Å². The number of hydrogen-bond donors (Lipinski definition) is 1. The number of allylic oxidation sites excluding steroid dienone is 2. The lowest BCUT2D eigenvalue weighted by molar-refractivity contribution is -0.115. The summed E-state index contributed by atoms with van der Waals surface area (Å²) in [5.74, 6) is 3.13. The maximum Gasteiger partial charge on any atom is 0.156 e. The second-order valence-electron chi connectivity index (χ2n) is 7.61. The molecule has 0 spiro atoms. The molecule has 104 valence electrons. The summed E-state index contributed by atoms with van der Waals surface area (Å²) < 4.78 is 0. The van der Waals surface area contributed by atoms with E-state index in [9.17, 15) is 9.90 Å². The Bertz CT molecular complexity index is 452. The second kappa shape index (κ2) is 3.94. The molecule has 1 N–H and O–H groups in total. The molecule has 4 aliphatic rings.